The molecular formula is C27H28FN5O4S. The Morgan fingerprint density at radius 3 is 2.87 bits per heavy atom. The quantitative estimate of drug-likeness (QED) is 0.246. The van der Waals surface area contributed by atoms with E-state index in [9.17, 15) is 9.18 Å². The average Bonchev–Trinajstić information content (AvgIpc) is 3.59. The Hall–Kier alpha value is -3.64. The van der Waals surface area contributed by atoms with Gasteiger partial charge >= 0.3 is 6.03 Å². The van der Waals surface area contributed by atoms with Crippen LogP contribution in [0.1, 0.15) is 12.0 Å². The number of urea groups is 1. The van der Waals surface area contributed by atoms with Gasteiger partial charge in [0.25, 0.3) is 0 Å². The minimum absolute atomic E-state index is 0.0385. The Kier molecular flexibility index (Phi) is 8.39. The molecule has 1 aliphatic rings. The monoisotopic (exact) mass is 537 g/mol. The van der Waals surface area contributed by atoms with Crippen LogP contribution in [-0.4, -0.2) is 55.5 Å². The van der Waals surface area contributed by atoms with Gasteiger partial charge in [0.1, 0.15) is 5.75 Å². The second-order valence-electron chi connectivity index (χ2n) is 8.76. The number of fused-ring (bicyclic) bond motifs is 1. The van der Waals surface area contributed by atoms with Crippen LogP contribution in [0.25, 0.3) is 20.8 Å². The maximum absolute atomic E-state index is 14.9. The van der Waals surface area contributed by atoms with Crippen molar-refractivity contribution in [3.63, 3.8) is 0 Å². The number of carbonyl (C=O) groups is 1. The predicted molar refractivity (Wildman–Crippen MR) is 144 cm³/mol. The van der Waals surface area contributed by atoms with Crippen molar-refractivity contribution in [2.75, 3.05) is 38.8 Å². The molecule has 4 heterocycles. The summed E-state index contributed by atoms with van der Waals surface area (Å²) in [4.78, 5) is 22.1. The molecule has 1 unspecified atom stereocenters. The number of hydrogen-bond donors (Lipinski definition) is 3. The summed E-state index contributed by atoms with van der Waals surface area (Å²) < 4.78 is 31.9. The third kappa shape index (κ3) is 6.43. The largest absolute Gasteiger partial charge is 0.453 e. The third-order valence-corrected chi connectivity index (χ3v) is 7.10. The molecule has 0 saturated carbocycles. The third-order valence-electron chi connectivity index (χ3n) is 5.94. The number of anilines is 1. The van der Waals surface area contributed by atoms with Crippen LogP contribution < -0.4 is 20.7 Å². The Labute approximate surface area is 223 Å². The number of benzene rings is 1. The van der Waals surface area contributed by atoms with Gasteiger partial charge in [0.15, 0.2) is 11.6 Å². The van der Waals surface area contributed by atoms with Crippen LogP contribution in [0.2, 0.25) is 0 Å². The van der Waals surface area contributed by atoms with Gasteiger partial charge in [-0.25, -0.2) is 9.18 Å². The first kappa shape index (κ1) is 26.0. The first-order chi connectivity index (χ1) is 18.6. The van der Waals surface area contributed by atoms with Gasteiger partial charge in [0.05, 0.1) is 40.0 Å². The Morgan fingerprint density at radius 1 is 1.18 bits per heavy atom. The van der Waals surface area contributed by atoms with Crippen LogP contribution in [0.15, 0.2) is 54.9 Å². The molecule has 1 fully saturated rings. The number of aromatic nitrogens is 2. The average molecular weight is 538 g/mol. The van der Waals surface area contributed by atoms with E-state index < -0.39 is 11.8 Å². The fraction of sp³-hybridized carbons (Fsp3) is 0.296. The number of thiophene rings is 1. The van der Waals surface area contributed by atoms with E-state index in [0.29, 0.717) is 37.8 Å². The van der Waals surface area contributed by atoms with Gasteiger partial charge in [-0.05, 0) is 36.2 Å². The van der Waals surface area contributed by atoms with Gasteiger partial charge in [-0.1, -0.05) is 6.07 Å². The number of pyridine rings is 2. The first-order valence-electron chi connectivity index (χ1n) is 12.3. The number of methoxy groups -OCH3 is 1. The zero-order chi connectivity index (χ0) is 26.3. The summed E-state index contributed by atoms with van der Waals surface area (Å²) in [6, 6.07) is 11.5. The van der Waals surface area contributed by atoms with Crippen molar-refractivity contribution >= 4 is 33.3 Å². The lowest BCUT2D eigenvalue weighted by atomic mass is 10.2. The lowest BCUT2D eigenvalue weighted by molar-refractivity contribution is 0.189. The molecule has 3 N–H and O–H groups in total. The number of carbonyl (C=O) groups excluding carboxylic acids is 1. The number of rotatable bonds is 10. The summed E-state index contributed by atoms with van der Waals surface area (Å²) >= 11 is 1.48. The molecule has 3 aromatic heterocycles. The second kappa shape index (κ2) is 12.3. The van der Waals surface area contributed by atoms with Crippen LogP contribution >= 0.6 is 11.3 Å². The van der Waals surface area contributed by atoms with E-state index in [1.165, 1.54) is 23.5 Å². The van der Waals surface area contributed by atoms with Crippen molar-refractivity contribution in [2.45, 2.75) is 19.0 Å². The number of hydrogen-bond acceptors (Lipinski definition) is 8. The highest BCUT2D eigenvalue weighted by atomic mass is 32.1. The van der Waals surface area contributed by atoms with Crippen LogP contribution in [0, 0.1) is 5.82 Å². The summed E-state index contributed by atoms with van der Waals surface area (Å²) in [6.45, 7) is 3.24. The Bertz CT molecular complexity index is 1390. The topological polar surface area (TPSA) is 107 Å². The number of nitrogens with one attached hydrogen (secondary N) is 3. The molecule has 1 aliphatic heterocycles. The van der Waals surface area contributed by atoms with Crippen molar-refractivity contribution < 1.29 is 23.4 Å². The molecule has 1 atom stereocenters. The van der Waals surface area contributed by atoms with E-state index in [1.807, 2.05) is 24.4 Å². The Balaban J connectivity index is 1.26. The van der Waals surface area contributed by atoms with Crippen LogP contribution in [0.5, 0.6) is 11.5 Å². The first-order valence-corrected chi connectivity index (χ1v) is 13.1. The molecule has 1 saturated heterocycles. The number of nitrogens with zero attached hydrogens (tertiary/aromatic N) is 2. The highest BCUT2D eigenvalue weighted by Crippen LogP contribution is 2.39. The molecule has 0 aliphatic carbocycles. The summed E-state index contributed by atoms with van der Waals surface area (Å²) in [5.74, 6) is -0.0556. The summed E-state index contributed by atoms with van der Waals surface area (Å²) in [6.07, 6.45) is 4.23. The molecule has 1 aromatic carbocycles. The zero-order valence-electron chi connectivity index (χ0n) is 20.8. The summed E-state index contributed by atoms with van der Waals surface area (Å²) in [5, 5.41) is 8.75. The van der Waals surface area contributed by atoms with Crippen molar-refractivity contribution in [1.29, 1.82) is 0 Å². The molecule has 9 nitrogen and oxygen atoms in total. The van der Waals surface area contributed by atoms with E-state index in [2.05, 4.69) is 25.9 Å². The maximum atomic E-state index is 14.9. The van der Waals surface area contributed by atoms with E-state index in [0.717, 1.165) is 39.3 Å². The molecule has 198 valence electrons. The highest BCUT2D eigenvalue weighted by Gasteiger charge is 2.18. The lowest BCUT2D eigenvalue weighted by Crippen LogP contribution is -2.38. The van der Waals surface area contributed by atoms with Crippen LogP contribution in [0.3, 0.4) is 0 Å². The van der Waals surface area contributed by atoms with E-state index in [4.69, 9.17) is 14.2 Å². The fourth-order valence-corrected chi connectivity index (χ4v) is 5.03. The molecule has 0 spiro atoms. The maximum Gasteiger partial charge on any atom is 0.319 e. The van der Waals surface area contributed by atoms with Crippen molar-refractivity contribution in [1.82, 2.24) is 20.6 Å². The standard InChI is InChI=1S/C27H28FN5O4S/c1-35-11-9-29-14-17-2-4-21(31-15-17)25-13-22-26(38-25)24(6-8-30-22)37-23-5-3-18(12-20(23)28)32-27(34)33-19-7-10-36-16-19/h2-6,8,12-13,15,19,29H,7,9-11,14,16H2,1H3,(H2,32,33,34). The summed E-state index contributed by atoms with van der Waals surface area (Å²) in [5.41, 5.74) is 2.96. The van der Waals surface area contributed by atoms with Crippen molar-refractivity contribution in [3.8, 4) is 22.1 Å². The number of ether oxygens (including phenoxy) is 3. The number of amides is 2. The van der Waals surface area contributed by atoms with Crippen molar-refractivity contribution in [3.05, 3.63) is 66.2 Å². The van der Waals surface area contributed by atoms with Gasteiger partial charge < -0.3 is 30.2 Å². The summed E-state index contributed by atoms with van der Waals surface area (Å²) in [7, 11) is 1.68. The second-order valence-corrected chi connectivity index (χ2v) is 9.81. The van der Waals surface area contributed by atoms with E-state index in [-0.39, 0.29) is 11.8 Å². The van der Waals surface area contributed by atoms with Gasteiger partial charge in [-0.2, -0.15) is 0 Å². The fourth-order valence-electron chi connectivity index (χ4n) is 3.98. The van der Waals surface area contributed by atoms with Crippen LogP contribution in [-0.2, 0) is 16.0 Å². The smallest absolute Gasteiger partial charge is 0.319 e. The molecule has 4 aromatic rings. The van der Waals surface area contributed by atoms with Crippen molar-refractivity contribution in [2.24, 2.45) is 0 Å². The molecule has 0 bridgehead atoms. The van der Waals surface area contributed by atoms with E-state index >= 15 is 0 Å². The Morgan fingerprint density at radius 2 is 2.11 bits per heavy atom. The predicted octanol–water partition coefficient (Wildman–Crippen LogP) is 4.94. The lowest BCUT2D eigenvalue weighted by Gasteiger charge is -2.13. The normalized spacial score (nSPS) is 15.1. The molecule has 2 amide bonds. The zero-order valence-corrected chi connectivity index (χ0v) is 21.6. The molecule has 0 radical (unpaired) electrons. The molecule has 11 heteroatoms. The van der Waals surface area contributed by atoms with Gasteiger partial charge in [-0.15, -0.1) is 11.3 Å². The molecule has 38 heavy (non-hydrogen) atoms. The SMILES string of the molecule is COCCNCc1ccc(-c2cc3nccc(Oc4ccc(NC(=O)NC5CCOC5)cc4F)c3s2)nc1. The minimum atomic E-state index is -0.592. The number of halogens is 1. The van der Waals surface area contributed by atoms with Gasteiger partial charge in [-0.3, -0.25) is 9.97 Å². The van der Waals surface area contributed by atoms with Gasteiger partial charge in [0.2, 0.25) is 0 Å². The molecule has 5 rings (SSSR count). The minimum Gasteiger partial charge on any atom is -0.453 e. The van der Waals surface area contributed by atoms with Crippen LogP contribution in [0.4, 0.5) is 14.9 Å². The molecular weight excluding hydrogens is 509 g/mol. The van der Waals surface area contributed by atoms with E-state index in [1.54, 1.807) is 25.4 Å². The highest BCUT2D eigenvalue weighted by molar-refractivity contribution is 7.22. The van der Waals surface area contributed by atoms with Gasteiger partial charge in [0, 0.05) is 57.0 Å².